The van der Waals surface area contributed by atoms with Gasteiger partial charge in [-0.1, -0.05) is 6.92 Å². The standard InChI is InChI=1S/C18H28N2O2S/c1-3-17-12-15(4-10-22-17)18(21)20-8-6-19(7-9-20)14(2)16-5-11-23-13-16/h5,11,13-15,17H,3-4,6-10,12H2,1-2H3. The van der Waals surface area contributed by atoms with Crippen molar-refractivity contribution in [2.24, 2.45) is 5.92 Å². The highest BCUT2D eigenvalue weighted by Gasteiger charge is 2.32. The number of piperazine rings is 1. The minimum absolute atomic E-state index is 0.176. The van der Waals surface area contributed by atoms with E-state index in [-0.39, 0.29) is 12.0 Å². The van der Waals surface area contributed by atoms with Crippen molar-refractivity contribution in [1.82, 2.24) is 9.80 Å². The summed E-state index contributed by atoms with van der Waals surface area (Å²) in [5, 5.41) is 4.37. The van der Waals surface area contributed by atoms with Crippen molar-refractivity contribution < 1.29 is 9.53 Å². The third kappa shape index (κ3) is 3.95. The van der Waals surface area contributed by atoms with Crippen LogP contribution >= 0.6 is 11.3 Å². The number of nitrogens with zero attached hydrogens (tertiary/aromatic N) is 2. The lowest BCUT2D eigenvalue weighted by Gasteiger charge is -2.40. The topological polar surface area (TPSA) is 32.8 Å². The molecule has 128 valence electrons. The van der Waals surface area contributed by atoms with Gasteiger partial charge in [-0.05, 0) is 48.6 Å². The lowest BCUT2D eigenvalue weighted by molar-refractivity contribution is -0.142. The van der Waals surface area contributed by atoms with E-state index in [1.165, 1.54) is 5.56 Å². The van der Waals surface area contributed by atoms with Crippen molar-refractivity contribution in [2.75, 3.05) is 32.8 Å². The molecule has 0 bridgehead atoms. The molecule has 5 heteroatoms. The van der Waals surface area contributed by atoms with Crippen molar-refractivity contribution in [3.05, 3.63) is 22.4 Å². The van der Waals surface area contributed by atoms with Crippen LogP contribution < -0.4 is 0 Å². The van der Waals surface area contributed by atoms with Crippen LogP contribution in [0.5, 0.6) is 0 Å². The Morgan fingerprint density at radius 1 is 1.39 bits per heavy atom. The molecule has 2 aliphatic rings. The van der Waals surface area contributed by atoms with E-state index in [4.69, 9.17) is 4.74 Å². The number of ether oxygens (including phenoxy) is 1. The van der Waals surface area contributed by atoms with E-state index in [9.17, 15) is 4.79 Å². The van der Waals surface area contributed by atoms with Gasteiger partial charge in [0.05, 0.1) is 6.10 Å². The Hall–Kier alpha value is -0.910. The van der Waals surface area contributed by atoms with Crippen LogP contribution in [0.15, 0.2) is 16.8 Å². The lowest BCUT2D eigenvalue weighted by Crippen LogP contribution is -2.51. The summed E-state index contributed by atoms with van der Waals surface area (Å²) < 4.78 is 5.71. The summed E-state index contributed by atoms with van der Waals surface area (Å²) in [6.45, 7) is 8.82. The molecular formula is C18H28N2O2S. The lowest BCUT2D eigenvalue weighted by atomic mass is 9.92. The van der Waals surface area contributed by atoms with Crippen LogP contribution in [0.25, 0.3) is 0 Å². The highest BCUT2D eigenvalue weighted by Crippen LogP contribution is 2.27. The van der Waals surface area contributed by atoms with Gasteiger partial charge in [0.2, 0.25) is 5.91 Å². The second kappa shape index (κ2) is 7.77. The molecule has 0 N–H and O–H groups in total. The fourth-order valence-corrected chi connectivity index (χ4v) is 4.45. The van der Waals surface area contributed by atoms with Crippen molar-refractivity contribution in [3.63, 3.8) is 0 Å². The average molecular weight is 337 g/mol. The van der Waals surface area contributed by atoms with Crippen LogP contribution in [0.2, 0.25) is 0 Å². The third-order valence-corrected chi connectivity index (χ3v) is 6.07. The van der Waals surface area contributed by atoms with Gasteiger partial charge in [0, 0.05) is 44.7 Å². The summed E-state index contributed by atoms with van der Waals surface area (Å²) in [7, 11) is 0. The first-order valence-corrected chi connectivity index (χ1v) is 9.79. The Bertz CT molecular complexity index is 497. The molecule has 3 heterocycles. The van der Waals surface area contributed by atoms with Crippen LogP contribution in [-0.2, 0) is 9.53 Å². The van der Waals surface area contributed by atoms with Crippen molar-refractivity contribution >= 4 is 17.2 Å². The van der Waals surface area contributed by atoms with Gasteiger partial charge in [0.1, 0.15) is 0 Å². The molecule has 0 radical (unpaired) electrons. The molecule has 3 unspecified atom stereocenters. The molecule has 0 saturated carbocycles. The molecule has 3 atom stereocenters. The van der Waals surface area contributed by atoms with Gasteiger partial charge in [0.25, 0.3) is 0 Å². The fraction of sp³-hybridized carbons (Fsp3) is 0.722. The summed E-state index contributed by atoms with van der Waals surface area (Å²) >= 11 is 1.76. The van der Waals surface area contributed by atoms with E-state index in [1.807, 2.05) is 0 Å². The molecule has 4 nitrogen and oxygen atoms in total. The number of hydrogen-bond donors (Lipinski definition) is 0. The zero-order valence-corrected chi connectivity index (χ0v) is 15.1. The second-order valence-electron chi connectivity index (χ2n) is 6.72. The van der Waals surface area contributed by atoms with Gasteiger partial charge in [-0.15, -0.1) is 0 Å². The average Bonchev–Trinajstić information content (AvgIpc) is 3.15. The maximum atomic E-state index is 12.8. The monoisotopic (exact) mass is 336 g/mol. The predicted octanol–water partition coefficient (Wildman–Crippen LogP) is 3.16. The minimum atomic E-state index is 0.176. The van der Waals surface area contributed by atoms with Gasteiger partial charge >= 0.3 is 0 Å². The number of amides is 1. The smallest absolute Gasteiger partial charge is 0.225 e. The molecule has 1 aromatic heterocycles. The van der Waals surface area contributed by atoms with Crippen LogP contribution in [0.3, 0.4) is 0 Å². The van der Waals surface area contributed by atoms with Crippen LogP contribution in [0.4, 0.5) is 0 Å². The highest BCUT2D eigenvalue weighted by molar-refractivity contribution is 7.07. The Morgan fingerprint density at radius 2 is 2.17 bits per heavy atom. The zero-order valence-electron chi connectivity index (χ0n) is 14.2. The van der Waals surface area contributed by atoms with Crippen LogP contribution in [0, 0.1) is 5.92 Å². The third-order valence-electron chi connectivity index (χ3n) is 5.37. The second-order valence-corrected chi connectivity index (χ2v) is 7.50. The first-order chi connectivity index (χ1) is 11.2. The molecule has 23 heavy (non-hydrogen) atoms. The Morgan fingerprint density at radius 3 is 2.83 bits per heavy atom. The Labute approximate surface area is 143 Å². The summed E-state index contributed by atoms with van der Waals surface area (Å²) in [4.78, 5) is 17.3. The zero-order chi connectivity index (χ0) is 16.2. The first kappa shape index (κ1) is 16.9. The molecule has 1 aromatic rings. The SMILES string of the molecule is CCC1CC(C(=O)N2CCN(C(C)c3ccsc3)CC2)CCO1. The molecule has 2 fully saturated rings. The molecule has 0 aromatic carbocycles. The summed E-state index contributed by atoms with van der Waals surface area (Å²) in [6, 6.07) is 2.66. The van der Waals surface area contributed by atoms with E-state index in [0.717, 1.165) is 52.0 Å². The molecule has 1 amide bonds. The summed E-state index contributed by atoms with van der Waals surface area (Å²) in [6.07, 6.45) is 3.08. The molecule has 0 aliphatic carbocycles. The maximum Gasteiger partial charge on any atom is 0.225 e. The van der Waals surface area contributed by atoms with Crippen LogP contribution in [-0.4, -0.2) is 54.6 Å². The number of carbonyl (C=O) groups is 1. The Balaban J connectivity index is 1.51. The van der Waals surface area contributed by atoms with Crippen molar-refractivity contribution in [3.8, 4) is 0 Å². The fourth-order valence-electron chi connectivity index (χ4n) is 3.70. The maximum absolute atomic E-state index is 12.8. The van der Waals surface area contributed by atoms with Gasteiger partial charge < -0.3 is 9.64 Å². The van der Waals surface area contributed by atoms with E-state index in [0.29, 0.717) is 11.9 Å². The van der Waals surface area contributed by atoms with Crippen molar-refractivity contribution in [2.45, 2.75) is 45.3 Å². The van der Waals surface area contributed by atoms with Gasteiger partial charge in [0.15, 0.2) is 0 Å². The number of thiophene rings is 1. The van der Waals surface area contributed by atoms with E-state index in [1.54, 1.807) is 11.3 Å². The molecule has 2 saturated heterocycles. The Kier molecular flexibility index (Phi) is 5.72. The number of hydrogen-bond acceptors (Lipinski definition) is 4. The largest absolute Gasteiger partial charge is 0.378 e. The normalized spacial score (nSPS) is 27.8. The van der Waals surface area contributed by atoms with E-state index >= 15 is 0 Å². The number of rotatable bonds is 4. The molecular weight excluding hydrogens is 308 g/mol. The van der Waals surface area contributed by atoms with Gasteiger partial charge in [-0.25, -0.2) is 0 Å². The highest BCUT2D eigenvalue weighted by atomic mass is 32.1. The van der Waals surface area contributed by atoms with E-state index < -0.39 is 0 Å². The van der Waals surface area contributed by atoms with E-state index in [2.05, 4.69) is 40.5 Å². The first-order valence-electron chi connectivity index (χ1n) is 8.85. The predicted molar refractivity (Wildman–Crippen MR) is 93.6 cm³/mol. The van der Waals surface area contributed by atoms with Gasteiger partial charge in [-0.3, -0.25) is 9.69 Å². The summed E-state index contributed by atoms with van der Waals surface area (Å²) in [5.41, 5.74) is 1.39. The number of carbonyl (C=O) groups excluding carboxylic acids is 1. The summed E-state index contributed by atoms with van der Waals surface area (Å²) in [5.74, 6) is 0.532. The molecule has 2 aliphatic heterocycles. The van der Waals surface area contributed by atoms with Crippen molar-refractivity contribution in [1.29, 1.82) is 0 Å². The van der Waals surface area contributed by atoms with Gasteiger partial charge in [-0.2, -0.15) is 11.3 Å². The minimum Gasteiger partial charge on any atom is -0.378 e. The van der Waals surface area contributed by atoms with Crippen LogP contribution in [0.1, 0.15) is 44.7 Å². The molecule has 3 rings (SSSR count). The quantitative estimate of drug-likeness (QED) is 0.847. The molecule has 0 spiro atoms.